The lowest BCUT2D eigenvalue weighted by atomic mass is 10.1. The third-order valence-electron chi connectivity index (χ3n) is 7.16. The first-order valence-electron chi connectivity index (χ1n) is 14.7. The molecule has 0 bridgehead atoms. The normalized spacial score (nSPS) is 10.9. The summed E-state index contributed by atoms with van der Waals surface area (Å²) in [5.74, 6) is 0.0684. The molecule has 46 heavy (non-hydrogen) atoms. The average Bonchev–Trinajstić information content (AvgIpc) is 3.07. The van der Waals surface area contributed by atoms with Gasteiger partial charge in [-0.25, -0.2) is 0 Å². The minimum atomic E-state index is -0.469. The van der Waals surface area contributed by atoms with Gasteiger partial charge in [0.2, 0.25) is 11.1 Å². The fourth-order valence-corrected chi connectivity index (χ4v) is 4.83. The van der Waals surface area contributed by atoms with Gasteiger partial charge in [-0.1, -0.05) is 60.7 Å². The van der Waals surface area contributed by atoms with Gasteiger partial charge < -0.3 is 28.9 Å². The Morgan fingerprint density at radius 3 is 1.41 bits per heavy atom. The Morgan fingerprint density at radius 2 is 0.957 bits per heavy atom. The van der Waals surface area contributed by atoms with Crippen LogP contribution in [0.3, 0.4) is 0 Å². The standard InChI is InChI=1S/C36H30N4O6/c37-33-25(21-23-11-1-5-15-29(23)45-33)35(41)39-27-13-3-7-17-31(27)43-19-9-10-20-44-32-18-8-4-14-28(32)40-36(42)26-22-24-12-2-6-16-30(24)46-34(26)38/h1-8,11-18,21-22,37-38H,9-10,19-20H2,(H,39,41)(H,40,42). The number of nitrogens with one attached hydrogen (secondary N) is 4. The van der Waals surface area contributed by atoms with Gasteiger partial charge in [-0.05, 0) is 61.4 Å². The van der Waals surface area contributed by atoms with Crippen molar-refractivity contribution in [2.24, 2.45) is 0 Å². The summed E-state index contributed by atoms with van der Waals surface area (Å²) < 4.78 is 23.0. The molecule has 0 saturated carbocycles. The zero-order chi connectivity index (χ0) is 31.9. The molecule has 4 aromatic carbocycles. The van der Waals surface area contributed by atoms with Crippen LogP contribution in [-0.4, -0.2) is 25.0 Å². The lowest BCUT2D eigenvalue weighted by Gasteiger charge is -2.14. The van der Waals surface area contributed by atoms with E-state index in [1.54, 1.807) is 60.7 Å². The first-order chi connectivity index (χ1) is 22.5. The van der Waals surface area contributed by atoms with E-state index in [0.29, 0.717) is 60.1 Å². The Hall–Kier alpha value is -6.16. The van der Waals surface area contributed by atoms with E-state index in [1.807, 2.05) is 48.5 Å². The van der Waals surface area contributed by atoms with E-state index in [0.717, 1.165) is 10.8 Å². The number of amides is 2. The number of fused-ring (bicyclic) bond motifs is 2. The summed E-state index contributed by atoms with van der Waals surface area (Å²) in [6, 6.07) is 31.9. The number of anilines is 2. The molecule has 2 aromatic heterocycles. The Bertz CT molecular complexity index is 2020. The van der Waals surface area contributed by atoms with Gasteiger partial charge in [-0.15, -0.1) is 0 Å². The fraction of sp³-hybridized carbons (Fsp3) is 0.111. The van der Waals surface area contributed by atoms with E-state index in [1.165, 1.54) is 0 Å². The molecule has 6 aromatic rings. The summed E-state index contributed by atoms with van der Waals surface area (Å²) in [5.41, 5.74) is 1.83. The van der Waals surface area contributed by atoms with E-state index in [9.17, 15) is 9.59 Å². The van der Waals surface area contributed by atoms with Crippen LogP contribution in [0.5, 0.6) is 11.5 Å². The van der Waals surface area contributed by atoms with Crippen LogP contribution in [0.1, 0.15) is 33.6 Å². The molecule has 0 spiro atoms. The quantitative estimate of drug-likeness (QED) is 0.117. The molecule has 4 N–H and O–H groups in total. The van der Waals surface area contributed by atoms with E-state index in [-0.39, 0.29) is 22.2 Å². The van der Waals surface area contributed by atoms with Gasteiger partial charge in [0, 0.05) is 10.8 Å². The lowest BCUT2D eigenvalue weighted by Crippen LogP contribution is -2.21. The highest BCUT2D eigenvalue weighted by Gasteiger charge is 2.16. The maximum atomic E-state index is 13.0. The molecule has 0 saturated heterocycles. The largest absolute Gasteiger partial charge is 0.491 e. The second-order valence-electron chi connectivity index (χ2n) is 10.4. The highest BCUT2D eigenvalue weighted by molar-refractivity contribution is 6.06. The zero-order valence-corrected chi connectivity index (χ0v) is 24.7. The Balaban J connectivity index is 1.01. The fourth-order valence-electron chi connectivity index (χ4n) is 4.83. The van der Waals surface area contributed by atoms with Crippen molar-refractivity contribution in [1.82, 2.24) is 0 Å². The molecule has 0 atom stereocenters. The summed E-state index contributed by atoms with van der Waals surface area (Å²) >= 11 is 0. The van der Waals surface area contributed by atoms with Crippen molar-refractivity contribution in [3.63, 3.8) is 0 Å². The minimum Gasteiger partial charge on any atom is -0.491 e. The molecule has 0 aliphatic rings. The zero-order valence-electron chi connectivity index (χ0n) is 24.7. The molecule has 2 amide bonds. The molecule has 0 radical (unpaired) electrons. The van der Waals surface area contributed by atoms with Crippen LogP contribution in [0.4, 0.5) is 11.4 Å². The summed E-state index contributed by atoms with van der Waals surface area (Å²) in [5, 5.41) is 23.4. The second-order valence-corrected chi connectivity index (χ2v) is 10.4. The molecule has 10 heteroatoms. The summed E-state index contributed by atoms with van der Waals surface area (Å²) in [6.07, 6.45) is 1.33. The van der Waals surface area contributed by atoms with Gasteiger partial charge in [0.05, 0.1) is 24.6 Å². The van der Waals surface area contributed by atoms with Crippen LogP contribution < -0.4 is 31.2 Å². The van der Waals surface area contributed by atoms with Crippen molar-refractivity contribution >= 4 is 45.1 Å². The van der Waals surface area contributed by atoms with Crippen LogP contribution in [0.2, 0.25) is 0 Å². The number of para-hydroxylation sites is 6. The van der Waals surface area contributed by atoms with E-state index >= 15 is 0 Å². The summed E-state index contributed by atoms with van der Waals surface area (Å²) in [6.45, 7) is 0.753. The minimum absolute atomic E-state index is 0.120. The van der Waals surface area contributed by atoms with E-state index in [4.69, 9.17) is 29.1 Å². The lowest BCUT2D eigenvalue weighted by molar-refractivity contribution is 0.101. The Kier molecular flexibility index (Phi) is 8.87. The van der Waals surface area contributed by atoms with Crippen LogP contribution in [0.25, 0.3) is 21.9 Å². The van der Waals surface area contributed by atoms with Crippen LogP contribution >= 0.6 is 0 Å². The molecule has 0 aliphatic heterocycles. The Labute approximate surface area is 263 Å². The first kappa shape index (κ1) is 29.9. The number of rotatable bonds is 11. The van der Waals surface area contributed by atoms with Crippen LogP contribution in [0.15, 0.2) is 118 Å². The molecule has 0 fully saturated rings. The van der Waals surface area contributed by atoms with Gasteiger partial charge in [-0.3, -0.25) is 20.4 Å². The molecule has 230 valence electrons. The van der Waals surface area contributed by atoms with Crippen molar-refractivity contribution < 1.29 is 27.9 Å². The number of benzene rings is 4. The summed E-state index contributed by atoms with van der Waals surface area (Å²) in [4.78, 5) is 26.0. The molecule has 6 rings (SSSR count). The molecule has 2 heterocycles. The molecular formula is C36H30N4O6. The van der Waals surface area contributed by atoms with Gasteiger partial charge in [0.15, 0.2) is 0 Å². The van der Waals surface area contributed by atoms with Crippen molar-refractivity contribution in [3.05, 3.63) is 131 Å². The topological polar surface area (TPSA) is 151 Å². The average molecular weight is 615 g/mol. The smallest absolute Gasteiger partial charge is 0.261 e. The molecule has 10 nitrogen and oxygen atoms in total. The third-order valence-corrected chi connectivity index (χ3v) is 7.16. The van der Waals surface area contributed by atoms with Crippen molar-refractivity contribution in [2.45, 2.75) is 12.8 Å². The Morgan fingerprint density at radius 1 is 0.565 bits per heavy atom. The second kappa shape index (κ2) is 13.6. The van der Waals surface area contributed by atoms with Gasteiger partial charge in [0.25, 0.3) is 11.8 Å². The van der Waals surface area contributed by atoms with Gasteiger partial charge >= 0.3 is 0 Å². The van der Waals surface area contributed by atoms with Crippen LogP contribution in [0, 0.1) is 10.8 Å². The van der Waals surface area contributed by atoms with Crippen molar-refractivity contribution in [2.75, 3.05) is 23.8 Å². The molecular weight excluding hydrogens is 584 g/mol. The third kappa shape index (κ3) is 6.81. The number of carbonyl (C=O) groups is 2. The number of ether oxygens (including phenoxy) is 2. The van der Waals surface area contributed by atoms with Gasteiger partial charge in [0.1, 0.15) is 33.8 Å². The molecule has 0 aliphatic carbocycles. The number of hydrogen-bond acceptors (Lipinski definition) is 8. The number of hydrogen-bond donors (Lipinski definition) is 4. The predicted molar refractivity (Wildman–Crippen MR) is 173 cm³/mol. The van der Waals surface area contributed by atoms with Gasteiger partial charge in [-0.2, -0.15) is 0 Å². The highest BCUT2D eigenvalue weighted by Crippen LogP contribution is 2.26. The maximum Gasteiger partial charge on any atom is 0.261 e. The molecule has 0 unspecified atom stereocenters. The predicted octanol–water partition coefficient (Wildman–Crippen LogP) is 6.88. The number of unbranched alkanes of at least 4 members (excludes halogenated alkanes) is 1. The highest BCUT2D eigenvalue weighted by atomic mass is 16.5. The summed E-state index contributed by atoms with van der Waals surface area (Å²) in [7, 11) is 0. The maximum absolute atomic E-state index is 13.0. The van der Waals surface area contributed by atoms with E-state index < -0.39 is 11.8 Å². The van der Waals surface area contributed by atoms with Crippen molar-refractivity contribution in [3.8, 4) is 11.5 Å². The van der Waals surface area contributed by atoms with Crippen molar-refractivity contribution in [1.29, 1.82) is 10.8 Å². The first-order valence-corrected chi connectivity index (χ1v) is 14.7. The van der Waals surface area contributed by atoms with E-state index in [2.05, 4.69) is 10.6 Å². The monoisotopic (exact) mass is 614 g/mol. The van der Waals surface area contributed by atoms with Crippen LogP contribution in [-0.2, 0) is 0 Å². The SMILES string of the molecule is N=c1oc2ccccc2cc1C(=O)Nc1ccccc1OCCCCOc1ccccc1NC(=O)c1cc2ccccc2oc1=N. The number of carbonyl (C=O) groups excluding carboxylic acids is 2.